The highest BCUT2D eigenvalue weighted by Crippen LogP contribution is 2.37. The molecular weight excluding hydrogens is 324 g/mol. The first kappa shape index (κ1) is 14.8. The normalized spacial score (nSPS) is 10.4. The van der Waals surface area contributed by atoms with Crippen LogP contribution in [0.5, 0.6) is 0 Å². The van der Waals surface area contributed by atoms with Crippen LogP contribution in [0.25, 0.3) is 0 Å². The third-order valence-electron chi connectivity index (χ3n) is 2.18. The first-order valence-electron chi connectivity index (χ1n) is 5.23. The van der Waals surface area contributed by atoms with Crippen LogP contribution in [0.2, 0.25) is 5.02 Å². The summed E-state index contributed by atoms with van der Waals surface area (Å²) in [5.74, 6) is -0.968. The number of benzene rings is 1. The molecule has 0 bridgehead atoms. The summed E-state index contributed by atoms with van der Waals surface area (Å²) in [6, 6.07) is 4.38. The Hall–Kier alpha value is -1.64. The molecule has 0 unspecified atom stereocenters. The maximum atomic E-state index is 11.0. The van der Waals surface area contributed by atoms with E-state index in [1.165, 1.54) is 17.4 Å². The van der Waals surface area contributed by atoms with Gasteiger partial charge in [-0.3, -0.25) is 14.9 Å². The molecule has 0 aliphatic rings. The van der Waals surface area contributed by atoms with Crippen LogP contribution in [0.3, 0.4) is 0 Å². The van der Waals surface area contributed by atoms with E-state index in [0.29, 0.717) is 14.9 Å². The standard InChI is InChI=1S/C11H7ClN2O4S2/c12-6-1-2-9(8(3-6)14(17)18)20-11-13-7(5-19-11)4-10(15)16/h1-3,5H,4H2,(H,15,16). The van der Waals surface area contributed by atoms with Crippen molar-refractivity contribution in [2.75, 3.05) is 0 Å². The van der Waals surface area contributed by atoms with Crippen LogP contribution in [-0.2, 0) is 11.2 Å². The van der Waals surface area contributed by atoms with Crippen LogP contribution < -0.4 is 0 Å². The van der Waals surface area contributed by atoms with Crippen molar-refractivity contribution in [1.82, 2.24) is 4.98 Å². The Bertz CT molecular complexity index is 674. The first-order valence-corrected chi connectivity index (χ1v) is 7.31. The fourth-order valence-corrected chi connectivity index (χ4v) is 3.43. The summed E-state index contributed by atoms with van der Waals surface area (Å²) in [5, 5.41) is 21.5. The van der Waals surface area contributed by atoms with Crippen LogP contribution in [0.4, 0.5) is 5.69 Å². The van der Waals surface area contributed by atoms with Crippen molar-refractivity contribution in [3.8, 4) is 0 Å². The number of rotatable bonds is 5. The number of carbonyl (C=O) groups is 1. The molecule has 20 heavy (non-hydrogen) atoms. The summed E-state index contributed by atoms with van der Waals surface area (Å²) in [5.41, 5.74) is 0.333. The minimum absolute atomic E-state index is 0.0996. The summed E-state index contributed by atoms with van der Waals surface area (Å²) < 4.78 is 0.548. The molecule has 0 aliphatic heterocycles. The molecular formula is C11H7ClN2O4S2. The number of hydrogen-bond donors (Lipinski definition) is 1. The molecule has 0 fully saturated rings. The van der Waals surface area contributed by atoms with Gasteiger partial charge in [-0.05, 0) is 12.1 Å². The molecule has 0 radical (unpaired) electrons. The molecule has 0 amide bonds. The van der Waals surface area contributed by atoms with E-state index in [2.05, 4.69) is 4.98 Å². The highest BCUT2D eigenvalue weighted by atomic mass is 35.5. The van der Waals surface area contributed by atoms with Gasteiger partial charge in [0, 0.05) is 16.5 Å². The SMILES string of the molecule is O=C(O)Cc1csc(Sc2ccc(Cl)cc2[N+](=O)[O-])n1. The zero-order valence-electron chi connectivity index (χ0n) is 9.78. The average Bonchev–Trinajstić information content (AvgIpc) is 2.77. The number of nitrogens with zero attached hydrogens (tertiary/aromatic N) is 2. The lowest BCUT2D eigenvalue weighted by Gasteiger charge is -2.00. The molecule has 1 N–H and O–H groups in total. The minimum atomic E-state index is -0.968. The number of halogens is 1. The number of carboxylic acid groups (broad SMARTS) is 1. The van der Waals surface area contributed by atoms with Crippen molar-refractivity contribution in [3.63, 3.8) is 0 Å². The van der Waals surface area contributed by atoms with Crippen molar-refractivity contribution in [3.05, 3.63) is 44.4 Å². The third-order valence-corrected chi connectivity index (χ3v) is 4.47. The van der Waals surface area contributed by atoms with Gasteiger partial charge in [0.1, 0.15) is 0 Å². The van der Waals surface area contributed by atoms with Gasteiger partial charge in [0.2, 0.25) is 0 Å². The Labute approximate surface area is 126 Å². The number of carboxylic acids is 1. The van der Waals surface area contributed by atoms with E-state index in [1.807, 2.05) is 0 Å². The minimum Gasteiger partial charge on any atom is -0.481 e. The van der Waals surface area contributed by atoms with Crippen LogP contribution >= 0.6 is 34.7 Å². The predicted molar refractivity (Wildman–Crippen MR) is 75.7 cm³/mol. The fourth-order valence-electron chi connectivity index (χ4n) is 1.38. The highest BCUT2D eigenvalue weighted by molar-refractivity contribution is 8.01. The summed E-state index contributed by atoms with van der Waals surface area (Å²) in [7, 11) is 0. The lowest BCUT2D eigenvalue weighted by molar-refractivity contribution is -0.387. The zero-order valence-corrected chi connectivity index (χ0v) is 12.2. The van der Waals surface area contributed by atoms with Crippen LogP contribution in [-0.4, -0.2) is 21.0 Å². The van der Waals surface area contributed by atoms with Gasteiger partial charge in [-0.2, -0.15) is 0 Å². The van der Waals surface area contributed by atoms with Crippen LogP contribution in [0.15, 0.2) is 32.8 Å². The molecule has 1 aromatic carbocycles. The van der Waals surface area contributed by atoms with Gasteiger partial charge in [0.15, 0.2) is 4.34 Å². The van der Waals surface area contributed by atoms with Crippen molar-refractivity contribution in [2.45, 2.75) is 15.7 Å². The molecule has 0 spiro atoms. The van der Waals surface area contributed by atoms with E-state index in [9.17, 15) is 14.9 Å². The summed E-state index contributed by atoms with van der Waals surface area (Å²) in [6.45, 7) is 0. The lowest BCUT2D eigenvalue weighted by Crippen LogP contribution is -1.99. The van der Waals surface area contributed by atoms with Crippen LogP contribution in [0.1, 0.15) is 5.69 Å². The molecule has 2 rings (SSSR count). The molecule has 0 saturated carbocycles. The van der Waals surface area contributed by atoms with E-state index < -0.39 is 10.9 Å². The summed E-state index contributed by atoms with van der Waals surface area (Å²) in [6.07, 6.45) is -0.167. The number of aliphatic carboxylic acids is 1. The molecule has 1 heterocycles. The van der Waals surface area contributed by atoms with E-state index >= 15 is 0 Å². The molecule has 6 nitrogen and oxygen atoms in total. The van der Waals surface area contributed by atoms with Gasteiger partial charge in [-0.1, -0.05) is 23.4 Å². The van der Waals surface area contributed by atoms with Gasteiger partial charge in [-0.25, -0.2) is 4.98 Å². The van der Waals surface area contributed by atoms with Gasteiger partial charge in [-0.15, -0.1) is 11.3 Å². The van der Waals surface area contributed by atoms with E-state index in [4.69, 9.17) is 16.7 Å². The quantitative estimate of drug-likeness (QED) is 0.666. The molecule has 0 atom stereocenters. The fraction of sp³-hybridized carbons (Fsp3) is 0.0909. The Balaban J connectivity index is 2.23. The summed E-state index contributed by atoms with van der Waals surface area (Å²) >= 11 is 8.09. The third kappa shape index (κ3) is 3.69. The molecule has 0 saturated heterocycles. The van der Waals surface area contributed by atoms with Crippen molar-refractivity contribution >= 4 is 46.4 Å². The van der Waals surface area contributed by atoms with Crippen LogP contribution in [0, 0.1) is 10.1 Å². The largest absolute Gasteiger partial charge is 0.481 e. The Morgan fingerprint density at radius 1 is 1.55 bits per heavy atom. The maximum absolute atomic E-state index is 11.0. The summed E-state index contributed by atoms with van der Waals surface area (Å²) in [4.78, 5) is 25.5. The molecule has 0 aliphatic carbocycles. The van der Waals surface area contributed by atoms with Gasteiger partial charge >= 0.3 is 5.97 Å². The predicted octanol–water partition coefficient (Wildman–Crippen LogP) is 3.48. The topological polar surface area (TPSA) is 93.3 Å². The smallest absolute Gasteiger partial charge is 0.309 e. The highest BCUT2D eigenvalue weighted by Gasteiger charge is 2.17. The van der Waals surface area contributed by atoms with Crippen molar-refractivity contribution in [1.29, 1.82) is 0 Å². The van der Waals surface area contributed by atoms with Gasteiger partial charge in [0.05, 0.1) is 21.9 Å². The molecule has 2 aromatic rings. The average molecular weight is 331 g/mol. The second kappa shape index (κ2) is 6.21. The van der Waals surface area contributed by atoms with E-state index in [0.717, 1.165) is 11.8 Å². The lowest BCUT2D eigenvalue weighted by atomic mass is 10.3. The number of nitro groups is 1. The Kier molecular flexibility index (Phi) is 4.58. The van der Waals surface area contributed by atoms with Crippen molar-refractivity contribution < 1.29 is 14.8 Å². The second-order valence-corrected chi connectivity index (χ2v) is 6.23. The van der Waals surface area contributed by atoms with E-state index in [1.54, 1.807) is 17.5 Å². The second-order valence-electron chi connectivity index (χ2n) is 3.65. The number of hydrogen-bond acceptors (Lipinski definition) is 6. The first-order chi connectivity index (χ1) is 9.45. The van der Waals surface area contributed by atoms with Gasteiger partial charge in [0.25, 0.3) is 5.69 Å². The van der Waals surface area contributed by atoms with Crippen molar-refractivity contribution in [2.24, 2.45) is 0 Å². The van der Waals surface area contributed by atoms with E-state index in [-0.39, 0.29) is 17.1 Å². The number of aromatic nitrogens is 1. The molecule has 9 heteroatoms. The molecule has 1 aromatic heterocycles. The number of thiazole rings is 1. The zero-order chi connectivity index (χ0) is 14.7. The molecule has 104 valence electrons. The maximum Gasteiger partial charge on any atom is 0.309 e. The Morgan fingerprint density at radius 3 is 2.95 bits per heavy atom. The Morgan fingerprint density at radius 2 is 2.30 bits per heavy atom. The monoisotopic (exact) mass is 330 g/mol. The van der Waals surface area contributed by atoms with Gasteiger partial charge < -0.3 is 5.11 Å². The number of nitro benzene ring substituents is 1.